The SMILES string of the molecule is Cc1ccc(S(=O)(=O)Oc2cc3c(CC#N)c(c2)Cc2cc(OS(=O)(=O)c4ccc(C)cc4)cc(c2CC#N)Cc2cc(OS(=O)(=O)c4ccc(C)cc4)cc(c2CC#N)Cc2cc(OS(=O)(=O)c4ccc(C)cc4)cc(c2CC#N)C3)cc1. The standard InChI is InChI=1S/C64H52N4O12S4/c1-41-5-13-57(14-6-41)81(69,70)77-53-33-45-29-47-35-54(78-82(71,72)58-15-7-42(2)8-16-58)37-49(62(47)22-26-66)31-51-39-56(80-84(75,76)60-19-11-44(4)12-20-60)40-52(64(51)24-28-68)32-50-38-55(79-83(73,74)59-17-9-43(3)10-18-59)36-48(63(50)23-27-67)30-46(34-53)61(45)21-25-65/h5-20,33-40H,21-24,29-32H2,1-4H3. The van der Waals surface area contributed by atoms with Crippen LogP contribution in [0.2, 0.25) is 0 Å². The Hall–Kier alpha value is -9.28. The molecule has 0 saturated carbocycles. The molecule has 1 aliphatic rings. The van der Waals surface area contributed by atoms with Gasteiger partial charge >= 0.3 is 40.5 Å². The summed E-state index contributed by atoms with van der Waals surface area (Å²) in [6, 6.07) is 44.1. The molecule has 0 heterocycles. The third-order valence-corrected chi connectivity index (χ3v) is 19.3. The molecule has 9 rings (SSSR count). The van der Waals surface area contributed by atoms with Crippen LogP contribution in [0.1, 0.15) is 89.0 Å². The predicted octanol–water partition coefficient (Wildman–Crippen LogP) is 10.9. The maximum absolute atomic E-state index is 14.2. The number of nitrogens with zero attached hydrogens (tertiary/aromatic N) is 4. The molecule has 0 radical (unpaired) electrons. The molecule has 0 aliphatic heterocycles. The van der Waals surface area contributed by atoms with Gasteiger partial charge in [0.25, 0.3) is 0 Å². The van der Waals surface area contributed by atoms with Gasteiger partial charge in [-0.15, -0.1) is 0 Å². The minimum atomic E-state index is -4.56. The van der Waals surface area contributed by atoms with E-state index in [4.69, 9.17) is 16.7 Å². The highest BCUT2D eigenvalue weighted by atomic mass is 32.2. The summed E-state index contributed by atoms with van der Waals surface area (Å²) in [6.45, 7) is 7.15. The molecule has 16 nitrogen and oxygen atoms in total. The fourth-order valence-corrected chi connectivity index (χ4v) is 13.7. The Bertz CT molecular complexity index is 3880. The van der Waals surface area contributed by atoms with E-state index in [1.54, 1.807) is 76.2 Å². The molecule has 0 spiro atoms. The highest BCUT2D eigenvalue weighted by molar-refractivity contribution is 7.88. The molecule has 0 N–H and O–H groups in total. The Morgan fingerprint density at radius 2 is 0.452 bits per heavy atom. The second-order valence-corrected chi connectivity index (χ2v) is 26.5. The van der Waals surface area contributed by atoms with Crippen LogP contribution >= 0.6 is 0 Å². The smallest absolute Gasteiger partial charge is 0.339 e. The highest BCUT2D eigenvalue weighted by Crippen LogP contribution is 2.39. The lowest BCUT2D eigenvalue weighted by atomic mass is 9.83. The van der Waals surface area contributed by atoms with Crippen LogP contribution in [0.25, 0.3) is 0 Å². The number of fused-ring (bicyclic) bond motifs is 8. The van der Waals surface area contributed by atoms with Crippen LogP contribution < -0.4 is 16.7 Å². The monoisotopic (exact) mass is 1200 g/mol. The molecule has 8 bridgehead atoms. The molecule has 0 unspecified atom stereocenters. The number of nitriles is 4. The number of hydrogen-bond acceptors (Lipinski definition) is 16. The Kier molecular flexibility index (Phi) is 17.2. The molecule has 8 aromatic rings. The molecule has 84 heavy (non-hydrogen) atoms. The van der Waals surface area contributed by atoms with E-state index in [1.807, 2.05) is 0 Å². The van der Waals surface area contributed by atoms with Crippen LogP contribution in [0.4, 0.5) is 0 Å². The fraction of sp³-hybridized carbons (Fsp3) is 0.188. The maximum Gasteiger partial charge on any atom is 0.339 e. The van der Waals surface area contributed by atoms with Crippen molar-refractivity contribution in [2.75, 3.05) is 0 Å². The minimum Gasteiger partial charge on any atom is -0.379 e. The molecule has 424 valence electrons. The number of rotatable bonds is 16. The van der Waals surface area contributed by atoms with E-state index in [1.165, 1.54) is 97.1 Å². The summed E-state index contributed by atoms with van der Waals surface area (Å²) in [5.74, 6) is -0.832. The molecule has 0 saturated heterocycles. The summed E-state index contributed by atoms with van der Waals surface area (Å²) in [6.07, 6.45) is -2.10. The van der Waals surface area contributed by atoms with Gasteiger partial charge in [0.05, 0.1) is 50.0 Å². The van der Waals surface area contributed by atoms with Crippen LogP contribution in [0.3, 0.4) is 0 Å². The van der Waals surface area contributed by atoms with Gasteiger partial charge in [-0.1, -0.05) is 70.8 Å². The van der Waals surface area contributed by atoms with Crippen molar-refractivity contribution in [1.82, 2.24) is 0 Å². The van der Waals surface area contributed by atoms with Gasteiger partial charge in [-0.2, -0.15) is 54.7 Å². The van der Waals surface area contributed by atoms with Gasteiger partial charge < -0.3 is 16.7 Å². The van der Waals surface area contributed by atoms with E-state index in [0.29, 0.717) is 66.8 Å². The molecule has 0 fully saturated rings. The third-order valence-electron chi connectivity index (χ3n) is 14.2. The first-order chi connectivity index (χ1) is 40.0. The van der Waals surface area contributed by atoms with Crippen molar-refractivity contribution in [1.29, 1.82) is 21.0 Å². The van der Waals surface area contributed by atoms with Crippen LogP contribution in [0, 0.1) is 73.0 Å². The summed E-state index contributed by atoms with van der Waals surface area (Å²) >= 11 is 0. The van der Waals surface area contributed by atoms with Gasteiger partial charge in [0.1, 0.15) is 42.6 Å². The fourth-order valence-electron chi connectivity index (χ4n) is 10.1. The number of benzene rings is 8. The van der Waals surface area contributed by atoms with Crippen molar-refractivity contribution in [2.24, 2.45) is 0 Å². The number of hydrogen-bond donors (Lipinski definition) is 0. The van der Waals surface area contributed by atoms with Crippen molar-refractivity contribution in [3.8, 4) is 47.3 Å². The lowest BCUT2D eigenvalue weighted by Crippen LogP contribution is -2.15. The van der Waals surface area contributed by atoms with Crippen LogP contribution in [0.5, 0.6) is 23.0 Å². The van der Waals surface area contributed by atoms with Gasteiger partial charge in [0.15, 0.2) is 0 Å². The zero-order valence-corrected chi connectivity index (χ0v) is 49.1. The first kappa shape index (κ1) is 59.3. The lowest BCUT2D eigenvalue weighted by Gasteiger charge is -2.23. The van der Waals surface area contributed by atoms with Crippen molar-refractivity contribution in [2.45, 2.75) is 98.6 Å². The lowest BCUT2D eigenvalue weighted by molar-refractivity contribution is 0.483. The first-order valence-electron chi connectivity index (χ1n) is 26.1. The van der Waals surface area contributed by atoms with Crippen molar-refractivity contribution < 1.29 is 50.4 Å². The van der Waals surface area contributed by atoms with Crippen LogP contribution in [-0.2, 0) is 91.8 Å². The summed E-state index contributed by atoms with van der Waals surface area (Å²) in [4.78, 5) is -0.692. The van der Waals surface area contributed by atoms with Gasteiger partial charge in [0.2, 0.25) is 0 Å². The third kappa shape index (κ3) is 13.5. The van der Waals surface area contributed by atoms with E-state index >= 15 is 0 Å². The maximum atomic E-state index is 14.2. The second kappa shape index (κ2) is 24.3. The topological polar surface area (TPSA) is 269 Å². The van der Waals surface area contributed by atoms with E-state index < -0.39 is 40.5 Å². The quantitative estimate of drug-likeness (QED) is 0.0814. The predicted molar refractivity (Wildman–Crippen MR) is 310 cm³/mol. The van der Waals surface area contributed by atoms with Gasteiger partial charge in [-0.3, -0.25) is 0 Å². The van der Waals surface area contributed by atoms with Gasteiger partial charge in [0, 0.05) is 0 Å². The van der Waals surface area contributed by atoms with Crippen molar-refractivity contribution in [3.63, 3.8) is 0 Å². The molecule has 1 aliphatic carbocycles. The van der Waals surface area contributed by atoms with Crippen LogP contribution in [-0.4, -0.2) is 33.7 Å². The van der Waals surface area contributed by atoms with Crippen LogP contribution in [0.15, 0.2) is 165 Å². The molecular formula is C64H52N4O12S4. The van der Waals surface area contributed by atoms with Gasteiger partial charge in [-0.05, 0) is 217 Å². The van der Waals surface area contributed by atoms with Gasteiger partial charge in [-0.25, -0.2) is 0 Å². The Labute approximate surface area is 489 Å². The first-order valence-corrected chi connectivity index (χ1v) is 31.7. The average molecular weight is 1200 g/mol. The average Bonchev–Trinajstić information content (AvgIpc) is 1.82. The second-order valence-electron chi connectivity index (χ2n) is 20.3. The highest BCUT2D eigenvalue weighted by Gasteiger charge is 2.28. The summed E-state index contributed by atoms with van der Waals surface area (Å²) in [5, 5.41) is 42.4. The molecule has 8 aromatic carbocycles. The Morgan fingerprint density at radius 3 is 0.595 bits per heavy atom. The normalized spacial score (nSPS) is 12.4. The zero-order valence-electron chi connectivity index (χ0n) is 45.8. The van der Waals surface area contributed by atoms with Crippen molar-refractivity contribution in [3.05, 3.63) is 235 Å². The van der Waals surface area contributed by atoms with E-state index in [9.17, 15) is 54.7 Å². The molecule has 20 heteroatoms. The zero-order chi connectivity index (χ0) is 60.1. The van der Waals surface area contributed by atoms with E-state index in [0.717, 1.165) is 22.3 Å². The summed E-state index contributed by atoms with van der Waals surface area (Å²) in [7, 11) is -18.2. The van der Waals surface area contributed by atoms with E-state index in [-0.39, 0.29) is 93.9 Å². The molecule has 0 atom stereocenters. The minimum absolute atomic E-state index is 0.173. The summed E-state index contributed by atoms with van der Waals surface area (Å²) in [5.41, 5.74) is 6.87. The Balaban J connectivity index is 1.36. The molecule has 0 aromatic heterocycles. The van der Waals surface area contributed by atoms with Crippen molar-refractivity contribution >= 4 is 40.5 Å². The number of aryl methyl sites for hydroxylation is 4. The molecular weight excluding hydrogens is 1140 g/mol. The molecule has 0 amide bonds. The Morgan fingerprint density at radius 1 is 0.298 bits per heavy atom. The largest absolute Gasteiger partial charge is 0.379 e. The summed E-state index contributed by atoms with van der Waals surface area (Å²) < 4.78 is 137. The van der Waals surface area contributed by atoms with E-state index in [2.05, 4.69) is 24.3 Å².